The minimum Gasteiger partial charge on any atom is -0.412 e. The minimum absolute atomic E-state index is 0. The Kier molecular flexibility index (Phi) is 25.0. The second kappa shape index (κ2) is 24.2. The lowest BCUT2D eigenvalue weighted by atomic mass is 9.64. The van der Waals surface area contributed by atoms with Crippen molar-refractivity contribution in [3.05, 3.63) is 0 Å². The smallest absolute Gasteiger partial charge is 0.162 e. The molecular formula is C38H73ClF6O6. The van der Waals surface area contributed by atoms with Crippen LogP contribution in [0, 0.1) is 59.2 Å². The molecule has 6 fully saturated rings. The molecule has 310 valence electrons. The van der Waals surface area contributed by atoms with Crippen molar-refractivity contribution in [1.29, 1.82) is 0 Å². The Balaban J connectivity index is 0. The van der Waals surface area contributed by atoms with E-state index < -0.39 is 37.0 Å². The van der Waals surface area contributed by atoms with Gasteiger partial charge in [0, 0.05) is 5.38 Å². The molecule has 6 aliphatic rings. The van der Waals surface area contributed by atoms with Crippen molar-refractivity contribution in [1.82, 2.24) is 0 Å². The quantitative estimate of drug-likeness (QED) is 0.204. The molecule has 6 saturated carbocycles. The molecule has 0 aliphatic heterocycles. The number of halogens is 7. The van der Waals surface area contributed by atoms with Gasteiger partial charge in [-0.2, -0.15) is 0 Å². The van der Waals surface area contributed by atoms with Crippen molar-refractivity contribution in [2.24, 2.45) is 59.2 Å². The second-order valence-electron chi connectivity index (χ2n) is 16.8. The molecule has 0 aromatic heterocycles. The van der Waals surface area contributed by atoms with Crippen molar-refractivity contribution in [2.45, 2.75) is 178 Å². The van der Waals surface area contributed by atoms with Crippen LogP contribution in [-0.4, -0.2) is 75.3 Å². The van der Waals surface area contributed by atoms with Gasteiger partial charge in [-0.15, -0.1) is 11.6 Å². The molecule has 6 aliphatic carbocycles. The van der Waals surface area contributed by atoms with Crippen LogP contribution < -0.4 is 0 Å². The van der Waals surface area contributed by atoms with E-state index in [0.29, 0.717) is 48.3 Å². The largest absolute Gasteiger partial charge is 0.412 e. The summed E-state index contributed by atoms with van der Waals surface area (Å²) in [4.78, 5) is 0. The van der Waals surface area contributed by atoms with E-state index in [9.17, 15) is 26.3 Å². The third kappa shape index (κ3) is 13.7. The van der Waals surface area contributed by atoms with E-state index in [1.165, 1.54) is 25.7 Å². The first-order valence-electron chi connectivity index (χ1n) is 19.0. The highest BCUT2D eigenvalue weighted by Crippen LogP contribution is 2.49. The molecule has 0 aromatic carbocycles. The van der Waals surface area contributed by atoms with Crippen molar-refractivity contribution in [3.63, 3.8) is 0 Å². The molecule has 6 nitrogen and oxygen atoms in total. The lowest BCUT2D eigenvalue weighted by Gasteiger charge is -2.43. The van der Waals surface area contributed by atoms with Gasteiger partial charge >= 0.3 is 0 Å². The maximum atomic E-state index is 14.8. The molecule has 0 aromatic rings. The van der Waals surface area contributed by atoms with E-state index in [4.69, 9.17) is 11.6 Å². The van der Waals surface area contributed by atoms with Gasteiger partial charge in [-0.25, -0.2) is 26.3 Å². The predicted octanol–water partition coefficient (Wildman–Crippen LogP) is 7.36. The Morgan fingerprint density at radius 3 is 1.20 bits per heavy atom. The number of rotatable bonds is 4. The first kappa shape index (κ1) is 52.7. The first-order valence-corrected chi connectivity index (χ1v) is 19.4. The van der Waals surface area contributed by atoms with Gasteiger partial charge in [0.1, 0.15) is 30.9 Å². The summed E-state index contributed by atoms with van der Waals surface area (Å²) >= 11 is 6.17. The molecule has 0 spiro atoms. The summed E-state index contributed by atoms with van der Waals surface area (Å²) in [7, 11) is 0. The highest BCUT2D eigenvalue weighted by molar-refractivity contribution is 6.20. The van der Waals surface area contributed by atoms with Crippen molar-refractivity contribution in [3.8, 4) is 0 Å². The van der Waals surface area contributed by atoms with Crippen LogP contribution in [0.4, 0.5) is 26.3 Å². The Morgan fingerprint density at radius 2 is 0.686 bits per heavy atom. The lowest BCUT2D eigenvalue weighted by molar-refractivity contribution is -0.0285. The standard InChI is InChI=1S/C19H31ClF2.C19H30F4.6H2O/c1-12-2-8-17(18(21)10-12)14-5-9-16(19(22)11-14)13-3-6-15(20)7-4-13;1-11-2-4-12(5-3-11)13-6-7-15(16(20)8-13)14-9-17(21)19(23)18(22)10-14;;;;;;/h12-19H,2-11H2,1H3;11-19H,2-10H2,1H3;6*1H2. The molecule has 0 bridgehead atoms. The molecule has 0 saturated heterocycles. The molecule has 13 heteroatoms. The second-order valence-corrected chi connectivity index (χ2v) is 17.5. The summed E-state index contributed by atoms with van der Waals surface area (Å²) in [5.74, 6) is 2.96. The molecule has 12 N–H and O–H groups in total. The summed E-state index contributed by atoms with van der Waals surface area (Å²) in [5.41, 5.74) is 0. The maximum absolute atomic E-state index is 14.8. The van der Waals surface area contributed by atoms with Crippen LogP contribution in [0.2, 0.25) is 0 Å². The summed E-state index contributed by atoms with van der Waals surface area (Å²) in [6.07, 6.45) is 8.98. The highest BCUT2D eigenvalue weighted by atomic mass is 35.5. The van der Waals surface area contributed by atoms with Gasteiger partial charge in [-0.1, -0.05) is 33.1 Å². The van der Waals surface area contributed by atoms with E-state index >= 15 is 0 Å². The average Bonchev–Trinajstić information content (AvgIpc) is 3.01. The Morgan fingerprint density at radius 1 is 0.333 bits per heavy atom. The van der Waals surface area contributed by atoms with Crippen LogP contribution in [0.5, 0.6) is 0 Å². The van der Waals surface area contributed by atoms with E-state index in [0.717, 1.165) is 70.1 Å². The van der Waals surface area contributed by atoms with Crippen molar-refractivity contribution < 1.29 is 59.2 Å². The average molecular weight is 775 g/mol. The number of alkyl halides is 7. The highest BCUT2D eigenvalue weighted by Gasteiger charge is 2.46. The fourth-order valence-corrected chi connectivity index (χ4v) is 11.1. The van der Waals surface area contributed by atoms with E-state index in [-0.39, 0.29) is 75.3 Å². The zero-order valence-electron chi connectivity index (χ0n) is 30.9. The van der Waals surface area contributed by atoms with Crippen LogP contribution >= 0.6 is 11.6 Å². The van der Waals surface area contributed by atoms with Gasteiger partial charge in [0.15, 0.2) is 6.17 Å². The fourth-order valence-electron chi connectivity index (χ4n) is 10.9. The van der Waals surface area contributed by atoms with E-state index in [2.05, 4.69) is 13.8 Å². The zero-order valence-corrected chi connectivity index (χ0v) is 31.7. The molecule has 11 unspecified atom stereocenters. The van der Waals surface area contributed by atoms with Gasteiger partial charge in [0.05, 0.1) is 0 Å². The van der Waals surface area contributed by atoms with Gasteiger partial charge in [0.2, 0.25) is 0 Å². The predicted molar refractivity (Wildman–Crippen MR) is 195 cm³/mol. The third-order valence-electron chi connectivity index (χ3n) is 13.8. The van der Waals surface area contributed by atoms with Gasteiger partial charge in [0.25, 0.3) is 0 Å². The Bertz CT molecular complexity index is 889. The summed E-state index contributed by atoms with van der Waals surface area (Å²) in [6.45, 7) is 4.43. The summed E-state index contributed by atoms with van der Waals surface area (Å²) < 4.78 is 84.4. The molecule has 6 rings (SSSR count). The van der Waals surface area contributed by atoms with Crippen molar-refractivity contribution >= 4 is 11.6 Å². The lowest BCUT2D eigenvalue weighted by Crippen LogP contribution is -2.43. The number of hydrogen-bond acceptors (Lipinski definition) is 0. The first-order chi connectivity index (χ1) is 21.5. The van der Waals surface area contributed by atoms with E-state index in [1.807, 2.05) is 0 Å². The van der Waals surface area contributed by atoms with Crippen molar-refractivity contribution in [2.75, 3.05) is 0 Å². The Hall–Kier alpha value is -0.370. The molecule has 0 heterocycles. The van der Waals surface area contributed by atoms with Gasteiger partial charge in [-0.3, -0.25) is 0 Å². The fraction of sp³-hybridized carbons (Fsp3) is 1.00. The topological polar surface area (TPSA) is 189 Å². The van der Waals surface area contributed by atoms with E-state index in [1.54, 1.807) is 0 Å². The molecule has 0 radical (unpaired) electrons. The van der Waals surface area contributed by atoms with Crippen LogP contribution in [0.1, 0.15) is 136 Å². The van der Waals surface area contributed by atoms with Gasteiger partial charge in [-0.05, 0) is 162 Å². The van der Waals surface area contributed by atoms with Crippen LogP contribution in [-0.2, 0) is 0 Å². The molecular weight excluding hydrogens is 702 g/mol. The summed E-state index contributed by atoms with van der Waals surface area (Å²) in [6, 6.07) is 0. The minimum atomic E-state index is -2.01. The number of hydrogen-bond donors (Lipinski definition) is 0. The Labute approximate surface area is 307 Å². The van der Waals surface area contributed by atoms with Crippen LogP contribution in [0.15, 0.2) is 0 Å². The molecule has 11 atom stereocenters. The maximum Gasteiger partial charge on any atom is 0.162 e. The third-order valence-corrected chi connectivity index (χ3v) is 14.2. The summed E-state index contributed by atoms with van der Waals surface area (Å²) in [5, 5.41) is 0.308. The van der Waals surface area contributed by atoms with Crippen LogP contribution in [0.3, 0.4) is 0 Å². The normalized spacial score (nSPS) is 45.5. The molecule has 51 heavy (non-hydrogen) atoms. The zero-order chi connectivity index (χ0) is 32.2. The van der Waals surface area contributed by atoms with Crippen LogP contribution in [0.25, 0.3) is 0 Å². The molecule has 0 amide bonds. The monoisotopic (exact) mass is 774 g/mol. The van der Waals surface area contributed by atoms with Gasteiger partial charge < -0.3 is 32.9 Å². The SMILES string of the molecule is CC1CCC(C2CCC(C3CC(F)C(F)C(F)C3)C(F)C2)CC1.CC1CCC(C2CCC(C3CCC(Cl)CC3)C(F)C2)C(F)C1.O.O.O.O.O.O.